The van der Waals surface area contributed by atoms with Gasteiger partial charge in [0.15, 0.2) is 0 Å². The van der Waals surface area contributed by atoms with E-state index in [0.29, 0.717) is 13.2 Å². The second-order valence-corrected chi connectivity index (χ2v) is 5.25. The van der Waals surface area contributed by atoms with Crippen molar-refractivity contribution in [1.82, 2.24) is 4.98 Å². The van der Waals surface area contributed by atoms with Crippen LogP contribution in [0, 0.1) is 0 Å². The molecule has 3 unspecified atom stereocenters. The average Bonchev–Trinajstić information content (AvgIpc) is 2.51. The molecule has 5 nitrogen and oxygen atoms in total. The van der Waals surface area contributed by atoms with Crippen LogP contribution in [-0.4, -0.2) is 43.6 Å². The quantitative estimate of drug-likeness (QED) is 0.820. The Hall–Kier alpha value is -1.69. The minimum Gasteiger partial charge on any atom is -0.486 e. The number of rotatable bonds is 6. The number of benzene rings is 1. The number of methoxy groups -OCH3 is 1. The molecule has 2 aromatic rings. The Kier molecular flexibility index (Phi) is 4.34. The SMILES string of the molecule is COCCOC1C(N)CC1Oc1cnc2ccccc2c1. The first-order valence-electron chi connectivity index (χ1n) is 7.15. The Morgan fingerprint density at radius 2 is 2.14 bits per heavy atom. The van der Waals surface area contributed by atoms with Crippen molar-refractivity contribution in [2.75, 3.05) is 20.3 Å². The zero-order valence-corrected chi connectivity index (χ0v) is 12.1. The molecule has 1 aromatic heterocycles. The molecule has 0 aliphatic heterocycles. The molecule has 1 heterocycles. The Morgan fingerprint density at radius 3 is 2.95 bits per heavy atom. The molecule has 3 rings (SSSR count). The highest BCUT2D eigenvalue weighted by Gasteiger charge is 2.41. The molecule has 1 fully saturated rings. The maximum Gasteiger partial charge on any atom is 0.138 e. The van der Waals surface area contributed by atoms with Gasteiger partial charge in [0, 0.05) is 25.0 Å². The van der Waals surface area contributed by atoms with E-state index in [-0.39, 0.29) is 18.2 Å². The molecule has 1 aromatic carbocycles. The first-order chi connectivity index (χ1) is 10.3. The van der Waals surface area contributed by atoms with Crippen molar-refractivity contribution in [1.29, 1.82) is 0 Å². The van der Waals surface area contributed by atoms with Gasteiger partial charge in [-0.1, -0.05) is 18.2 Å². The van der Waals surface area contributed by atoms with Crippen LogP contribution >= 0.6 is 0 Å². The highest BCUT2D eigenvalue weighted by atomic mass is 16.6. The minimum absolute atomic E-state index is 0.0141. The van der Waals surface area contributed by atoms with E-state index in [0.717, 1.165) is 23.1 Å². The Balaban J connectivity index is 1.64. The van der Waals surface area contributed by atoms with E-state index in [2.05, 4.69) is 4.98 Å². The fourth-order valence-corrected chi connectivity index (χ4v) is 2.52. The summed E-state index contributed by atoms with van der Waals surface area (Å²) in [6, 6.07) is 9.99. The fraction of sp³-hybridized carbons (Fsp3) is 0.438. The summed E-state index contributed by atoms with van der Waals surface area (Å²) in [6.07, 6.45) is 2.45. The van der Waals surface area contributed by atoms with Gasteiger partial charge < -0.3 is 19.9 Å². The molecule has 112 valence electrons. The number of ether oxygens (including phenoxy) is 3. The molecule has 0 saturated heterocycles. The first kappa shape index (κ1) is 14.3. The van der Waals surface area contributed by atoms with Crippen LogP contribution in [0.1, 0.15) is 6.42 Å². The smallest absolute Gasteiger partial charge is 0.138 e. The number of nitrogens with two attached hydrogens (primary N) is 1. The minimum atomic E-state index is -0.0772. The van der Waals surface area contributed by atoms with E-state index < -0.39 is 0 Å². The van der Waals surface area contributed by atoms with Gasteiger partial charge in [0.25, 0.3) is 0 Å². The van der Waals surface area contributed by atoms with Crippen LogP contribution in [0.2, 0.25) is 0 Å². The van der Waals surface area contributed by atoms with Crippen molar-refractivity contribution in [2.45, 2.75) is 24.7 Å². The van der Waals surface area contributed by atoms with Gasteiger partial charge in [0.05, 0.1) is 24.9 Å². The predicted molar refractivity (Wildman–Crippen MR) is 80.4 cm³/mol. The van der Waals surface area contributed by atoms with E-state index in [9.17, 15) is 0 Å². The lowest BCUT2D eigenvalue weighted by molar-refractivity contribution is -0.107. The fourth-order valence-electron chi connectivity index (χ4n) is 2.52. The third-order valence-corrected chi connectivity index (χ3v) is 3.74. The predicted octanol–water partition coefficient (Wildman–Crippen LogP) is 1.74. The summed E-state index contributed by atoms with van der Waals surface area (Å²) in [5, 5.41) is 1.07. The number of para-hydroxylation sites is 1. The number of pyridine rings is 1. The van der Waals surface area contributed by atoms with Crippen LogP contribution in [-0.2, 0) is 9.47 Å². The summed E-state index contributed by atoms with van der Waals surface area (Å²) >= 11 is 0. The standard InChI is InChI=1S/C16H20N2O3/c1-19-6-7-20-16-13(17)9-15(16)21-12-8-11-4-2-3-5-14(11)18-10-12/h2-5,8,10,13,15-16H,6-7,9,17H2,1H3. The van der Waals surface area contributed by atoms with Crippen LogP contribution < -0.4 is 10.5 Å². The molecule has 0 bridgehead atoms. The summed E-state index contributed by atoms with van der Waals surface area (Å²) in [5.41, 5.74) is 6.94. The first-order valence-corrected chi connectivity index (χ1v) is 7.15. The van der Waals surface area contributed by atoms with Crippen LogP contribution in [0.3, 0.4) is 0 Å². The Morgan fingerprint density at radius 1 is 1.29 bits per heavy atom. The molecule has 21 heavy (non-hydrogen) atoms. The summed E-state index contributed by atoms with van der Waals surface area (Å²) in [7, 11) is 1.65. The zero-order chi connectivity index (χ0) is 14.7. The monoisotopic (exact) mass is 288 g/mol. The lowest BCUT2D eigenvalue weighted by atomic mass is 9.86. The molecule has 5 heteroatoms. The second-order valence-electron chi connectivity index (χ2n) is 5.25. The van der Waals surface area contributed by atoms with E-state index in [4.69, 9.17) is 19.9 Å². The third kappa shape index (κ3) is 3.15. The van der Waals surface area contributed by atoms with Crippen LogP contribution in [0.15, 0.2) is 36.5 Å². The van der Waals surface area contributed by atoms with Gasteiger partial charge >= 0.3 is 0 Å². The largest absolute Gasteiger partial charge is 0.486 e. The molecule has 1 aliphatic carbocycles. The van der Waals surface area contributed by atoms with E-state index in [1.165, 1.54) is 0 Å². The van der Waals surface area contributed by atoms with Crippen LogP contribution in [0.4, 0.5) is 0 Å². The lowest BCUT2D eigenvalue weighted by Gasteiger charge is -2.41. The maximum atomic E-state index is 5.98. The van der Waals surface area contributed by atoms with Crippen molar-refractivity contribution in [3.8, 4) is 5.75 Å². The number of nitrogens with zero attached hydrogens (tertiary/aromatic N) is 1. The molecular formula is C16H20N2O3. The number of aromatic nitrogens is 1. The van der Waals surface area contributed by atoms with Crippen LogP contribution in [0.25, 0.3) is 10.9 Å². The molecule has 0 amide bonds. The normalized spacial score (nSPS) is 24.8. The van der Waals surface area contributed by atoms with Crippen molar-refractivity contribution in [3.63, 3.8) is 0 Å². The van der Waals surface area contributed by atoms with Gasteiger partial charge in [0.2, 0.25) is 0 Å². The van der Waals surface area contributed by atoms with E-state index in [1.807, 2.05) is 30.3 Å². The van der Waals surface area contributed by atoms with Gasteiger partial charge in [-0.25, -0.2) is 0 Å². The topological polar surface area (TPSA) is 66.6 Å². The molecule has 0 radical (unpaired) electrons. The van der Waals surface area contributed by atoms with Crippen LogP contribution in [0.5, 0.6) is 5.75 Å². The molecular weight excluding hydrogens is 268 g/mol. The van der Waals surface area contributed by atoms with Gasteiger partial charge in [0.1, 0.15) is 18.0 Å². The van der Waals surface area contributed by atoms with Crippen molar-refractivity contribution >= 4 is 10.9 Å². The summed E-state index contributed by atoms with van der Waals surface area (Å²) < 4.78 is 16.7. The third-order valence-electron chi connectivity index (χ3n) is 3.74. The molecule has 0 spiro atoms. The second kappa shape index (κ2) is 6.39. The van der Waals surface area contributed by atoms with E-state index >= 15 is 0 Å². The van der Waals surface area contributed by atoms with E-state index in [1.54, 1.807) is 13.3 Å². The summed E-state index contributed by atoms with van der Waals surface area (Å²) in [4.78, 5) is 4.40. The number of fused-ring (bicyclic) bond motifs is 1. The highest BCUT2D eigenvalue weighted by Crippen LogP contribution is 2.28. The lowest BCUT2D eigenvalue weighted by Crippen LogP contribution is -2.59. The Bertz CT molecular complexity index is 605. The van der Waals surface area contributed by atoms with Crippen molar-refractivity contribution < 1.29 is 14.2 Å². The number of hydrogen-bond donors (Lipinski definition) is 1. The van der Waals surface area contributed by atoms with Gasteiger partial charge in [-0.3, -0.25) is 4.98 Å². The highest BCUT2D eigenvalue weighted by molar-refractivity contribution is 5.79. The molecule has 1 aliphatic rings. The molecule has 3 atom stereocenters. The maximum absolute atomic E-state index is 5.98. The van der Waals surface area contributed by atoms with Gasteiger partial charge in [-0.05, 0) is 12.1 Å². The molecule has 1 saturated carbocycles. The Labute approximate surface area is 124 Å². The molecule has 2 N–H and O–H groups in total. The van der Waals surface area contributed by atoms with Crippen molar-refractivity contribution in [3.05, 3.63) is 36.5 Å². The number of hydrogen-bond acceptors (Lipinski definition) is 5. The average molecular weight is 288 g/mol. The van der Waals surface area contributed by atoms with Gasteiger partial charge in [-0.15, -0.1) is 0 Å². The van der Waals surface area contributed by atoms with Gasteiger partial charge in [-0.2, -0.15) is 0 Å². The summed E-state index contributed by atoms with van der Waals surface area (Å²) in [6.45, 7) is 1.10. The zero-order valence-electron chi connectivity index (χ0n) is 12.1. The summed E-state index contributed by atoms with van der Waals surface area (Å²) in [5.74, 6) is 0.756. The van der Waals surface area contributed by atoms with Crippen molar-refractivity contribution in [2.24, 2.45) is 5.73 Å².